The number of nitrogens with one attached hydrogen (secondary N) is 4. The average molecular weight is 1680 g/mol. The second-order valence-electron chi connectivity index (χ2n) is 26.2. The highest BCUT2D eigenvalue weighted by Crippen LogP contribution is 2.42. The molecule has 0 saturated carbocycles. The first-order chi connectivity index (χ1) is 53.4. The number of halogens is 21. The Morgan fingerprint density at radius 2 is 0.678 bits per heavy atom. The number of aromatic amines is 3. The van der Waals surface area contributed by atoms with Crippen LogP contribution in [-0.2, 0) is 64.2 Å². The number of hydrogen-bond acceptors (Lipinski definition) is 11. The third-order valence-electron chi connectivity index (χ3n) is 17.0. The van der Waals surface area contributed by atoms with Crippen molar-refractivity contribution in [2.75, 3.05) is 4.72 Å². The van der Waals surface area contributed by atoms with Gasteiger partial charge in [-0.3, -0.25) is 4.72 Å². The van der Waals surface area contributed by atoms with E-state index in [1.54, 1.807) is 73.2 Å². The highest BCUT2D eigenvalue weighted by Gasteiger charge is 2.61. The number of nitrogens with two attached hydrogens (primary N) is 1. The molecule has 12 rings (SSSR count). The molecule has 0 spiro atoms. The molecule has 7 N–H and O–H groups in total. The van der Waals surface area contributed by atoms with Crippen molar-refractivity contribution in [1.29, 1.82) is 0 Å². The summed E-state index contributed by atoms with van der Waals surface area (Å²) in [7, 11) is -9.59. The first-order valence-corrected chi connectivity index (χ1v) is 36.7. The predicted molar refractivity (Wildman–Crippen MR) is 381 cm³/mol. The fraction of sp³-hybridized carbons (Fsp3) is 0.250. The summed E-state index contributed by atoms with van der Waals surface area (Å²) in [5.41, 5.74) is 3.09. The number of para-hydroxylation sites is 1. The number of aliphatic hydroxyl groups is 1. The summed E-state index contributed by atoms with van der Waals surface area (Å²) in [6.07, 6.45) is -43.1. The van der Waals surface area contributed by atoms with Crippen LogP contribution in [0.3, 0.4) is 0 Å². The average Bonchev–Trinajstić information content (AvgIpc) is 1.76. The van der Waals surface area contributed by atoms with E-state index in [-0.39, 0.29) is 16.1 Å². The first-order valence-electron chi connectivity index (χ1n) is 33.6. The van der Waals surface area contributed by atoms with E-state index in [1.807, 2.05) is 42.5 Å². The van der Waals surface area contributed by atoms with E-state index in [4.69, 9.17) is 5.14 Å². The number of primary sulfonamides is 1. The van der Waals surface area contributed by atoms with Gasteiger partial charge in [-0.25, -0.2) is 28.5 Å². The van der Waals surface area contributed by atoms with Gasteiger partial charge in [-0.2, -0.15) is 101 Å². The number of hydrogen-bond donors (Lipinski definition) is 6. The van der Waals surface area contributed by atoms with Crippen molar-refractivity contribution >= 4 is 58.8 Å². The molecule has 612 valence electrons. The normalized spacial score (nSPS) is 13.0. The number of anilines is 1. The fourth-order valence-corrected chi connectivity index (χ4v) is 13.0. The second-order valence-corrected chi connectivity index (χ2v) is 29.4. The fourth-order valence-electron chi connectivity index (χ4n) is 11.7. The van der Waals surface area contributed by atoms with Crippen LogP contribution in [0.5, 0.6) is 17.2 Å². The summed E-state index contributed by atoms with van der Waals surface area (Å²) in [5, 5.41) is 15.9. The summed E-state index contributed by atoms with van der Waals surface area (Å²) in [4.78, 5) is 22.8. The third-order valence-corrected chi connectivity index (χ3v) is 19.1. The van der Waals surface area contributed by atoms with Gasteiger partial charge in [-0.1, -0.05) is 115 Å². The Morgan fingerprint density at radius 1 is 0.383 bits per heavy atom. The zero-order valence-electron chi connectivity index (χ0n) is 59.0. The SMILES string of the molecule is CC(C)(O)c1ccccc1-c1ccc2nc(CCc3ccc(OC(C(F)(F)F)C(F)(F)F)cc3)[nH]c2c1.NS(=O)(=O)c1ccccc1-c1ccc2nc(CCc3ccc(OC(C(F)(F)F)C(F)(F)F)cc3)[nH]c2c1.O=S(=O)(Nc1ccccc1-c1ccc2nc(CCc3ccc(OC(C(F)(F)F)C(F)(F)F)cc3)[nH]c2c1)C(F)(F)F. The molecule has 0 aliphatic rings. The maximum Gasteiger partial charge on any atom is 0.516 e. The lowest BCUT2D eigenvalue weighted by Gasteiger charge is -2.23. The van der Waals surface area contributed by atoms with Crippen molar-refractivity contribution in [2.24, 2.45) is 5.14 Å². The van der Waals surface area contributed by atoms with Crippen LogP contribution in [0.15, 0.2) is 205 Å². The lowest BCUT2D eigenvalue weighted by atomic mass is 9.89. The number of fused-ring (bicyclic) bond motifs is 3. The van der Waals surface area contributed by atoms with E-state index in [0.717, 1.165) is 64.1 Å². The molecule has 0 amide bonds. The molecule has 3 heterocycles. The van der Waals surface area contributed by atoms with Gasteiger partial charge in [0.2, 0.25) is 10.0 Å². The maximum absolute atomic E-state index is 12.9. The Kier molecular flexibility index (Phi) is 25.1. The Balaban J connectivity index is 0.000000183. The van der Waals surface area contributed by atoms with Gasteiger partial charge in [0.1, 0.15) is 34.7 Å². The molecule has 115 heavy (non-hydrogen) atoms. The van der Waals surface area contributed by atoms with Crippen molar-refractivity contribution in [2.45, 2.75) is 124 Å². The van der Waals surface area contributed by atoms with Gasteiger partial charge >= 0.3 is 52.6 Å². The molecule has 3 aromatic heterocycles. The predicted octanol–water partition coefficient (Wildman–Crippen LogP) is 19.8. The van der Waals surface area contributed by atoms with E-state index in [2.05, 4.69) is 44.1 Å². The van der Waals surface area contributed by atoms with E-state index in [0.29, 0.717) is 111 Å². The smallest absolute Gasteiger partial charge is 0.471 e. The lowest BCUT2D eigenvalue weighted by molar-refractivity contribution is -0.300. The molecule has 9 aromatic carbocycles. The standard InChI is InChI=1S/C27H24F6N2O2.C25H18F9N3O3S.C24H19F6N3O3S/c1-25(2,36)20-6-4-3-5-19(20)17-10-13-21-22(15-17)35-23(34-21)14-9-16-7-11-18(12-8-16)37-24(26(28,29)30)27(31,32)33;26-23(27,28)22(24(29,30)31)40-16-9-5-14(6-10-16)7-12-21-35-19-11-8-15(13-20(19)36-21)17-3-1-2-4-18(17)37-41(38,39)25(32,33)34;25-23(26,27)22(24(28,29)30)36-16-9-5-14(6-10-16)7-12-21-32-18-11-8-15(13-19(18)33-21)17-3-1-2-4-20(17)37(31,34)35/h3-8,10-13,15,24,36H,9,14H2,1-2H3,(H,34,35);1-6,8-11,13,22,37H,7,12H2,(H,35,36);1-6,8-11,13,22H,7,12H2,(H,32,33)(H2,31,34,35). The summed E-state index contributed by atoms with van der Waals surface area (Å²) < 4.78 is 328. The Bertz CT molecular complexity index is 5560. The van der Waals surface area contributed by atoms with Crippen LogP contribution >= 0.6 is 0 Å². The van der Waals surface area contributed by atoms with Crippen LogP contribution in [0, 0.1) is 0 Å². The van der Waals surface area contributed by atoms with E-state index < -0.39 is 104 Å². The van der Waals surface area contributed by atoms with Crippen LogP contribution < -0.4 is 24.1 Å². The highest BCUT2D eigenvalue weighted by atomic mass is 32.2. The number of sulfonamides is 2. The van der Waals surface area contributed by atoms with Gasteiger partial charge in [0.15, 0.2) is 0 Å². The minimum Gasteiger partial charge on any atom is -0.471 e. The third kappa shape index (κ3) is 22.5. The van der Waals surface area contributed by atoms with Gasteiger partial charge < -0.3 is 34.3 Å². The number of alkyl halides is 21. The number of benzene rings is 9. The van der Waals surface area contributed by atoms with E-state index in [1.165, 1.54) is 66.7 Å². The Labute approximate surface area is 638 Å². The minimum atomic E-state index is -5.65. The molecule has 0 bridgehead atoms. The summed E-state index contributed by atoms with van der Waals surface area (Å²) in [6.45, 7) is 3.45. The molecule has 0 atom stereocenters. The second kappa shape index (κ2) is 33.4. The zero-order valence-corrected chi connectivity index (χ0v) is 60.6. The van der Waals surface area contributed by atoms with Crippen LogP contribution in [0.1, 0.15) is 53.6 Å². The van der Waals surface area contributed by atoms with Gasteiger partial charge in [0.05, 0.1) is 49.3 Å². The van der Waals surface area contributed by atoms with Gasteiger partial charge in [-0.15, -0.1) is 0 Å². The summed E-state index contributed by atoms with van der Waals surface area (Å²) >= 11 is 0. The van der Waals surface area contributed by atoms with Gasteiger partial charge in [0, 0.05) is 30.4 Å². The van der Waals surface area contributed by atoms with Crippen molar-refractivity contribution in [3.05, 3.63) is 240 Å². The van der Waals surface area contributed by atoms with Gasteiger partial charge in [-0.05, 0) is 163 Å². The topological polar surface area (TPSA) is 240 Å². The molecule has 0 saturated heterocycles. The van der Waals surface area contributed by atoms with Gasteiger partial charge in [0.25, 0.3) is 18.3 Å². The quantitative estimate of drug-likeness (QED) is 0.0349. The molecule has 0 radical (unpaired) electrons. The number of imidazole rings is 3. The number of aromatic nitrogens is 6. The number of rotatable bonds is 22. The van der Waals surface area contributed by atoms with E-state index >= 15 is 0 Å². The molecule has 0 unspecified atom stereocenters. The van der Waals surface area contributed by atoms with Crippen molar-refractivity contribution < 1.29 is 128 Å². The highest BCUT2D eigenvalue weighted by molar-refractivity contribution is 7.93. The Hall–Kier alpha value is -11.1. The number of H-pyrrole nitrogens is 3. The number of aryl methyl sites for hydroxylation is 6. The molecule has 0 fully saturated rings. The molecule has 39 heteroatoms. The van der Waals surface area contributed by atoms with Crippen molar-refractivity contribution in [1.82, 2.24) is 29.9 Å². The molecule has 0 aliphatic carbocycles. The number of nitrogens with zero attached hydrogens (tertiary/aromatic N) is 3. The number of ether oxygens (including phenoxy) is 3. The molecule has 16 nitrogen and oxygen atoms in total. The molecular formula is C76H61F21N8O8S2. The zero-order chi connectivity index (χ0) is 84.2. The first kappa shape index (κ1) is 86.3. The molecule has 12 aromatic rings. The lowest BCUT2D eigenvalue weighted by Crippen LogP contribution is -2.46. The largest absolute Gasteiger partial charge is 0.516 e. The van der Waals surface area contributed by atoms with Crippen molar-refractivity contribution in [3.8, 4) is 50.6 Å². The molecule has 0 aliphatic heterocycles. The van der Waals surface area contributed by atoms with Crippen LogP contribution in [0.4, 0.5) is 97.9 Å². The van der Waals surface area contributed by atoms with Crippen LogP contribution in [-0.4, -0.2) is 113 Å². The summed E-state index contributed by atoms with van der Waals surface area (Å²) in [6, 6.07) is 49.5. The summed E-state index contributed by atoms with van der Waals surface area (Å²) in [5.74, 6) is 0.0459. The monoisotopic (exact) mass is 1680 g/mol. The maximum atomic E-state index is 12.9. The Morgan fingerprint density at radius 3 is 1.00 bits per heavy atom. The molecular weight excluding hydrogens is 1620 g/mol. The van der Waals surface area contributed by atoms with E-state index in [9.17, 15) is 114 Å². The van der Waals surface area contributed by atoms with Crippen LogP contribution in [0.2, 0.25) is 0 Å². The minimum absolute atomic E-state index is 0.0155. The van der Waals surface area contributed by atoms with Crippen LogP contribution in [0.25, 0.3) is 66.5 Å². The van der Waals surface area contributed by atoms with Crippen molar-refractivity contribution in [3.63, 3.8) is 0 Å².